The molecule has 2 N–H and O–H groups in total. The summed E-state index contributed by atoms with van der Waals surface area (Å²) in [6, 6.07) is 0. The average Bonchev–Trinajstić information content (AvgIpc) is 2.36. The topological polar surface area (TPSA) is 84.5 Å². The number of nitrogens with one attached hydrogen (secondary N) is 2. The second-order valence-electron chi connectivity index (χ2n) is 5.69. The molecule has 118 valence electrons. The van der Waals surface area contributed by atoms with E-state index in [-0.39, 0.29) is 17.4 Å². The largest absolute Gasteiger partial charge is 0.469 e. The third-order valence-corrected chi connectivity index (χ3v) is 4.67. The maximum atomic E-state index is 11.8. The fraction of sp³-hybridized carbons (Fsp3) is 0.923. The van der Waals surface area contributed by atoms with Gasteiger partial charge in [-0.3, -0.25) is 4.79 Å². The maximum Gasteiger partial charge on any atom is 0.310 e. The quantitative estimate of drug-likeness (QED) is 0.532. The van der Waals surface area contributed by atoms with Gasteiger partial charge in [-0.1, -0.05) is 12.8 Å². The minimum atomic E-state index is -3.12. The van der Waals surface area contributed by atoms with E-state index in [1.54, 1.807) is 0 Å². The summed E-state index contributed by atoms with van der Waals surface area (Å²) in [7, 11) is -1.70. The molecule has 0 aliphatic heterocycles. The third kappa shape index (κ3) is 5.38. The molecular formula is C13H26N2O4S. The number of carbonyl (C=O) groups excluding carboxylic acids is 1. The van der Waals surface area contributed by atoms with Gasteiger partial charge >= 0.3 is 5.97 Å². The van der Waals surface area contributed by atoms with Crippen molar-refractivity contribution < 1.29 is 17.9 Å². The maximum absolute atomic E-state index is 11.8. The molecule has 1 aliphatic carbocycles. The van der Waals surface area contributed by atoms with Crippen LogP contribution in [-0.4, -0.2) is 46.4 Å². The van der Waals surface area contributed by atoms with Crippen molar-refractivity contribution in [3.63, 3.8) is 0 Å². The molecule has 1 aliphatic rings. The fourth-order valence-electron chi connectivity index (χ4n) is 2.79. The number of sulfonamides is 1. The lowest BCUT2D eigenvalue weighted by Gasteiger charge is -2.40. The van der Waals surface area contributed by atoms with Crippen LogP contribution in [0, 0.1) is 5.92 Å². The van der Waals surface area contributed by atoms with Gasteiger partial charge in [0.05, 0.1) is 19.3 Å². The third-order valence-electron chi connectivity index (χ3n) is 3.94. The molecule has 0 bridgehead atoms. The zero-order valence-corrected chi connectivity index (χ0v) is 13.4. The van der Waals surface area contributed by atoms with Crippen LogP contribution < -0.4 is 10.0 Å². The Kier molecular flexibility index (Phi) is 6.42. The SMILES string of the molecule is COC(=O)[C@@H]1CCCC[C@]1(C)NCCCNS(C)(=O)=O. The van der Waals surface area contributed by atoms with E-state index in [0.717, 1.165) is 31.9 Å². The molecule has 0 heterocycles. The van der Waals surface area contributed by atoms with Gasteiger partial charge in [-0.25, -0.2) is 13.1 Å². The van der Waals surface area contributed by atoms with E-state index in [0.29, 0.717) is 19.5 Å². The molecule has 0 amide bonds. The number of hydrogen-bond donors (Lipinski definition) is 2. The summed E-state index contributed by atoms with van der Waals surface area (Å²) in [5.74, 6) is -0.280. The first kappa shape index (κ1) is 17.4. The number of rotatable bonds is 7. The standard InChI is InChI=1S/C13H26N2O4S/c1-13(14-9-6-10-15-20(3,17)18)8-5-4-7-11(13)12(16)19-2/h11,14-15H,4-10H2,1-3H3/t11-,13-/m0/s1. The lowest BCUT2D eigenvalue weighted by molar-refractivity contribution is -0.149. The van der Waals surface area contributed by atoms with E-state index < -0.39 is 10.0 Å². The van der Waals surface area contributed by atoms with Crippen LogP contribution in [0.15, 0.2) is 0 Å². The summed E-state index contributed by atoms with van der Waals surface area (Å²) >= 11 is 0. The molecule has 7 heteroatoms. The van der Waals surface area contributed by atoms with E-state index in [9.17, 15) is 13.2 Å². The molecule has 0 aromatic rings. The number of hydrogen-bond acceptors (Lipinski definition) is 5. The van der Waals surface area contributed by atoms with Gasteiger partial charge in [0.15, 0.2) is 0 Å². The lowest BCUT2D eigenvalue weighted by Crippen LogP contribution is -2.54. The molecular weight excluding hydrogens is 280 g/mol. The van der Waals surface area contributed by atoms with Crippen molar-refractivity contribution in [2.24, 2.45) is 5.92 Å². The average molecular weight is 306 g/mol. The van der Waals surface area contributed by atoms with Gasteiger partial charge in [0.1, 0.15) is 0 Å². The Morgan fingerprint density at radius 1 is 1.35 bits per heavy atom. The van der Waals surface area contributed by atoms with Crippen molar-refractivity contribution in [1.82, 2.24) is 10.0 Å². The predicted molar refractivity (Wildman–Crippen MR) is 77.8 cm³/mol. The highest BCUT2D eigenvalue weighted by Crippen LogP contribution is 2.34. The van der Waals surface area contributed by atoms with Gasteiger partial charge in [-0.05, 0) is 32.7 Å². The first-order chi connectivity index (χ1) is 9.28. The normalized spacial score (nSPS) is 27.2. The zero-order chi connectivity index (χ0) is 15.2. The molecule has 20 heavy (non-hydrogen) atoms. The Hall–Kier alpha value is -0.660. The van der Waals surface area contributed by atoms with Crippen LogP contribution in [0.4, 0.5) is 0 Å². The van der Waals surface area contributed by atoms with Gasteiger partial charge in [-0.15, -0.1) is 0 Å². The summed E-state index contributed by atoms with van der Waals surface area (Å²) in [5, 5.41) is 3.41. The Balaban J connectivity index is 2.44. The van der Waals surface area contributed by atoms with Crippen LogP contribution in [0.25, 0.3) is 0 Å². The van der Waals surface area contributed by atoms with Gasteiger partial charge < -0.3 is 10.1 Å². The highest BCUT2D eigenvalue weighted by Gasteiger charge is 2.41. The minimum Gasteiger partial charge on any atom is -0.469 e. The highest BCUT2D eigenvalue weighted by molar-refractivity contribution is 7.88. The summed E-state index contributed by atoms with van der Waals surface area (Å²) in [6.45, 7) is 3.13. The van der Waals surface area contributed by atoms with E-state index in [2.05, 4.69) is 17.0 Å². The van der Waals surface area contributed by atoms with Gasteiger partial charge in [0, 0.05) is 12.1 Å². The van der Waals surface area contributed by atoms with Crippen LogP contribution in [0.2, 0.25) is 0 Å². The summed E-state index contributed by atoms with van der Waals surface area (Å²) in [5.41, 5.74) is -0.254. The molecule has 0 radical (unpaired) electrons. The van der Waals surface area contributed by atoms with E-state index in [1.165, 1.54) is 7.11 Å². The number of ether oxygens (including phenoxy) is 1. The fourth-order valence-corrected chi connectivity index (χ4v) is 3.30. The Morgan fingerprint density at radius 2 is 2.05 bits per heavy atom. The van der Waals surface area contributed by atoms with Crippen molar-refractivity contribution in [2.75, 3.05) is 26.5 Å². The summed E-state index contributed by atoms with van der Waals surface area (Å²) in [6.07, 6.45) is 5.77. The van der Waals surface area contributed by atoms with E-state index in [1.807, 2.05) is 0 Å². The Labute approximate surface area is 121 Å². The van der Waals surface area contributed by atoms with Crippen molar-refractivity contribution >= 4 is 16.0 Å². The molecule has 6 nitrogen and oxygen atoms in total. The van der Waals surface area contributed by atoms with Gasteiger partial charge in [0.2, 0.25) is 10.0 Å². The molecule has 0 unspecified atom stereocenters. The van der Waals surface area contributed by atoms with E-state index in [4.69, 9.17) is 4.74 Å². The van der Waals surface area contributed by atoms with E-state index >= 15 is 0 Å². The highest BCUT2D eigenvalue weighted by atomic mass is 32.2. The molecule has 2 atom stereocenters. The monoisotopic (exact) mass is 306 g/mol. The number of carbonyl (C=O) groups is 1. The van der Waals surface area contributed by atoms with Gasteiger partial charge in [-0.2, -0.15) is 0 Å². The van der Waals surface area contributed by atoms with Crippen LogP contribution in [0.3, 0.4) is 0 Å². The molecule has 0 aromatic heterocycles. The smallest absolute Gasteiger partial charge is 0.310 e. The van der Waals surface area contributed by atoms with Gasteiger partial charge in [0.25, 0.3) is 0 Å². The molecule has 0 spiro atoms. The minimum absolute atomic E-state index is 0.121. The number of methoxy groups -OCH3 is 1. The van der Waals surface area contributed by atoms with Crippen LogP contribution >= 0.6 is 0 Å². The van der Waals surface area contributed by atoms with Crippen molar-refractivity contribution in [3.05, 3.63) is 0 Å². The molecule has 1 rings (SSSR count). The summed E-state index contributed by atoms with van der Waals surface area (Å²) in [4.78, 5) is 11.8. The molecule has 1 saturated carbocycles. The summed E-state index contributed by atoms with van der Waals surface area (Å²) < 4.78 is 29.2. The van der Waals surface area contributed by atoms with Crippen molar-refractivity contribution in [2.45, 2.75) is 44.6 Å². The zero-order valence-electron chi connectivity index (χ0n) is 12.6. The van der Waals surface area contributed by atoms with Crippen LogP contribution in [0.1, 0.15) is 39.0 Å². The first-order valence-corrected chi connectivity index (χ1v) is 8.95. The Morgan fingerprint density at radius 3 is 2.65 bits per heavy atom. The molecule has 0 aromatic carbocycles. The Bertz CT molecular complexity index is 424. The lowest BCUT2D eigenvalue weighted by atomic mass is 9.74. The second kappa shape index (κ2) is 7.38. The number of esters is 1. The second-order valence-corrected chi connectivity index (χ2v) is 7.52. The van der Waals surface area contributed by atoms with Crippen molar-refractivity contribution in [1.29, 1.82) is 0 Å². The molecule has 0 saturated heterocycles. The van der Waals surface area contributed by atoms with Crippen LogP contribution in [0.5, 0.6) is 0 Å². The molecule has 1 fully saturated rings. The first-order valence-electron chi connectivity index (χ1n) is 7.06. The van der Waals surface area contributed by atoms with Crippen LogP contribution in [-0.2, 0) is 19.6 Å². The predicted octanol–water partition coefficient (Wildman–Crippen LogP) is 0.637. The van der Waals surface area contributed by atoms with Crippen molar-refractivity contribution in [3.8, 4) is 0 Å².